The molecule has 2 rings (SSSR count). The third kappa shape index (κ3) is 2.48. The first kappa shape index (κ1) is 12.1. The van der Waals surface area contributed by atoms with Crippen LogP contribution in [0.5, 0.6) is 5.88 Å². The van der Waals surface area contributed by atoms with Gasteiger partial charge in [0.05, 0.1) is 11.9 Å². The zero-order valence-corrected chi connectivity index (χ0v) is 9.91. The zero-order chi connectivity index (χ0) is 13.0. The first-order chi connectivity index (χ1) is 8.72. The molecule has 2 heterocycles. The number of carbonyl (C=O) groups is 1. The van der Waals surface area contributed by atoms with Crippen LogP contribution in [0.15, 0.2) is 30.6 Å². The van der Waals surface area contributed by atoms with E-state index in [-0.39, 0.29) is 12.2 Å². The Morgan fingerprint density at radius 3 is 2.94 bits per heavy atom. The van der Waals surface area contributed by atoms with Crippen molar-refractivity contribution in [2.75, 3.05) is 0 Å². The molecule has 2 aromatic rings. The highest BCUT2D eigenvalue weighted by Crippen LogP contribution is 2.13. The van der Waals surface area contributed by atoms with Crippen LogP contribution < -0.4 is 4.74 Å². The molecular formula is C12H13N3O3. The van der Waals surface area contributed by atoms with Crippen molar-refractivity contribution < 1.29 is 14.6 Å². The molecule has 0 amide bonds. The fraction of sp³-hybridized carbons (Fsp3) is 0.250. The van der Waals surface area contributed by atoms with Gasteiger partial charge in [-0.2, -0.15) is 5.10 Å². The minimum absolute atomic E-state index is 0.131. The van der Waals surface area contributed by atoms with Gasteiger partial charge in [0, 0.05) is 18.8 Å². The number of hydrogen-bond acceptors (Lipinski definition) is 4. The number of rotatable bonds is 5. The van der Waals surface area contributed by atoms with Gasteiger partial charge in [-0.1, -0.05) is 6.07 Å². The molecule has 0 saturated carbocycles. The van der Waals surface area contributed by atoms with Gasteiger partial charge in [0.25, 0.3) is 0 Å². The molecule has 0 unspecified atom stereocenters. The van der Waals surface area contributed by atoms with Gasteiger partial charge in [-0.3, -0.25) is 4.68 Å². The van der Waals surface area contributed by atoms with Crippen LogP contribution in [0.2, 0.25) is 0 Å². The molecule has 0 aliphatic carbocycles. The van der Waals surface area contributed by atoms with Crippen molar-refractivity contribution >= 4 is 5.97 Å². The van der Waals surface area contributed by atoms with Crippen LogP contribution in [0.3, 0.4) is 0 Å². The van der Waals surface area contributed by atoms with Crippen molar-refractivity contribution in [2.45, 2.75) is 20.1 Å². The Balaban J connectivity index is 2.17. The minimum Gasteiger partial charge on any atom is -0.478 e. The van der Waals surface area contributed by atoms with Gasteiger partial charge >= 0.3 is 5.97 Å². The van der Waals surface area contributed by atoms with Crippen LogP contribution in [0.4, 0.5) is 0 Å². The summed E-state index contributed by atoms with van der Waals surface area (Å²) >= 11 is 0. The molecule has 0 radical (unpaired) electrons. The van der Waals surface area contributed by atoms with E-state index in [1.165, 1.54) is 6.20 Å². The van der Waals surface area contributed by atoms with Gasteiger partial charge in [-0.25, -0.2) is 9.78 Å². The van der Waals surface area contributed by atoms with E-state index in [9.17, 15) is 4.79 Å². The summed E-state index contributed by atoms with van der Waals surface area (Å²) in [5.74, 6) is -0.549. The van der Waals surface area contributed by atoms with E-state index in [4.69, 9.17) is 9.84 Å². The Hall–Kier alpha value is -2.37. The third-order valence-corrected chi connectivity index (χ3v) is 2.47. The molecule has 0 aliphatic heterocycles. The first-order valence-corrected chi connectivity index (χ1v) is 5.54. The predicted octanol–water partition coefficient (Wildman–Crippen LogP) is 1.58. The van der Waals surface area contributed by atoms with Crippen molar-refractivity contribution in [2.24, 2.45) is 0 Å². The Morgan fingerprint density at radius 1 is 1.50 bits per heavy atom. The number of aryl methyl sites for hydroxylation is 1. The molecular weight excluding hydrogens is 234 g/mol. The van der Waals surface area contributed by atoms with Crippen molar-refractivity contribution in [3.05, 3.63) is 41.9 Å². The Kier molecular flexibility index (Phi) is 3.57. The van der Waals surface area contributed by atoms with Crippen molar-refractivity contribution in [1.29, 1.82) is 0 Å². The number of hydrogen-bond donors (Lipinski definition) is 1. The van der Waals surface area contributed by atoms with E-state index in [0.717, 1.165) is 0 Å². The predicted molar refractivity (Wildman–Crippen MR) is 63.4 cm³/mol. The van der Waals surface area contributed by atoms with E-state index < -0.39 is 5.97 Å². The average molecular weight is 247 g/mol. The second kappa shape index (κ2) is 5.31. The Labute approximate surface area is 104 Å². The fourth-order valence-electron chi connectivity index (χ4n) is 1.59. The highest BCUT2D eigenvalue weighted by Gasteiger charge is 2.16. The van der Waals surface area contributed by atoms with Crippen LogP contribution >= 0.6 is 0 Å². The topological polar surface area (TPSA) is 77.2 Å². The lowest BCUT2D eigenvalue weighted by atomic mass is 10.2. The molecule has 0 bridgehead atoms. The summed E-state index contributed by atoms with van der Waals surface area (Å²) in [6.45, 7) is 2.61. The SMILES string of the molecule is CCn1ncc(C(=O)O)c1COc1ccccn1. The molecule has 6 heteroatoms. The number of pyridine rings is 1. The zero-order valence-electron chi connectivity index (χ0n) is 9.91. The maximum atomic E-state index is 11.0. The number of carboxylic acid groups (broad SMARTS) is 1. The van der Waals surface area contributed by atoms with E-state index in [2.05, 4.69) is 10.1 Å². The van der Waals surface area contributed by atoms with Crippen LogP contribution in [0, 0.1) is 0 Å². The first-order valence-electron chi connectivity index (χ1n) is 5.54. The summed E-state index contributed by atoms with van der Waals surface area (Å²) < 4.78 is 7.05. The molecule has 0 aliphatic rings. The lowest BCUT2D eigenvalue weighted by molar-refractivity contribution is 0.0693. The van der Waals surface area contributed by atoms with Gasteiger partial charge < -0.3 is 9.84 Å². The number of carboxylic acids is 1. The van der Waals surface area contributed by atoms with Crippen LogP contribution in [-0.2, 0) is 13.2 Å². The Bertz CT molecular complexity index is 537. The van der Waals surface area contributed by atoms with Crippen LogP contribution in [0.25, 0.3) is 0 Å². The Morgan fingerprint density at radius 2 is 2.33 bits per heavy atom. The molecule has 6 nitrogen and oxygen atoms in total. The van der Waals surface area contributed by atoms with Gasteiger partial charge in [0.1, 0.15) is 12.2 Å². The summed E-state index contributed by atoms with van der Waals surface area (Å²) in [5, 5.41) is 13.1. The quantitative estimate of drug-likeness (QED) is 0.867. The van der Waals surface area contributed by atoms with Gasteiger partial charge in [0.15, 0.2) is 0 Å². The van der Waals surface area contributed by atoms with Crippen molar-refractivity contribution in [3.63, 3.8) is 0 Å². The number of aromatic carboxylic acids is 1. The highest BCUT2D eigenvalue weighted by atomic mass is 16.5. The molecule has 1 N–H and O–H groups in total. The lowest BCUT2D eigenvalue weighted by Gasteiger charge is -2.07. The summed E-state index contributed by atoms with van der Waals surface area (Å²) in [6, 6.07) is 5.30. The average Bonchev–Trinajstić information content (AvgIpc) is 2.80. The molecule has 0 spiro atoms. The molecule has 0 fully saturated rings. The molecule has 0 saturated heterocycles. The lowest BCUT2D eigenvalue weighted by Crippen LogP contribution is -2.10. The normalized spacial score (nSPS) is 10.3. The molecule has 2 aromatic heterocycles. The second-order valence-electron chi connectivity index (χ2n) is 3.58. The summed E-state index contributed by atoms with van der Waals surface area (Å²) in [4.78, 5) is 15.0. The number of ether oxygens (including phenoxy) is 1. The maximum absolute atomic E-state index is 11.0. The van der Waals surface area contributed by atoms with Crippen molar-refractivity contribution in [1.82, 2.24) is 14.8 Å². The van der Waals surface area contributed by atoms with Crippen LogP contribution in [-0.4, -0.2) is 25.8 Å². The number of aromatic nitrogens is 3. The second-order valence-corrected chi connectivity index (χ2v) is 3.58. The minimum atomic E-state index is -1.01. The van der Waals surface area contributed by atoms with E-state index >= 15 is 0 Å². The largest absolute Gasteiger partial charge is 0.478 e. The molecule has 0 aromatic carbocycles. The maximum Gasteiger partial charge on any atom is 0.339 e. The summed E-state index contributed by atoms with van der Waals surface area (Å²) in [7, 11) is 0. The summed E-state index contributed by atoms with van der Waals surface area (Å²) in [6.07, 6.45) is 2.95. The highest BCUT2D eigenvalue weighted by molar-refractivity contribution is 5.88. The molecule has 94 valence electrons. The van der Waals surface area contributed by atoms with Crippen LogP contribution in [0.1, 0.15) is 23.0 Å². The monoisotopic (exact) mass is 247 g/mol. The summed E-state index contributed by atoms with van der Waals surface area (Å²) in [5.41, 5.74) is 0.698. The van der Waals surface area contributed by atoms with E-state index in [1.807, 2.05) is 6.92 Å². The van der Waals surface area contributed by atoms with Crippen molar-refractivity contribution in [3.8, 4) is 5.88 Å². The molecule has 0 atom stereocenters. The standard InChI is InChI=1S/C12H13N3O3/c1-2-15-10(9(7-14-15)12(16)17)8-18-11-5-3-4-6-13-11/h3-7H,2,8H2,1H3,(H,16,17). The number of nitrogens with zero attached hydrogens (tertiary/aromatic N) is 3. The van der Waals surface area contributed by atoms with Gasteiger partial charge in [-0.15, -0.1) is 0 Å². The van der Waals surface area contributed by atoms with Gasteiger partial charge in [-0.05, 0) is 13.0 Å². The fourth-order valence-corrected chi connectivity index (χ4v) is 1.59. The van der Waals surface area contributed by atoms with E-state index in [1.54, 1.807) is 29.1 Å². The third-order valence-electron chi connectivity index (χ3n) is 2.47. The van der Waals surface area contributed by atoms with Gasteiger partial charge in [0.2, 0.25) is 5.88 Å². The van der Waals surface area contributed by atoms with E-state index in [0.29, 0.717) is 18.1 Å². The molecule has 18 heavy (non-hydrogen) atoms. The smallest absolute Gasteiger partial charge is 0.339 e.